The number of aliphatic hydroxyl groups excluding tert-OH is 1. The summed E-state index contributed by atoms with van der Waals surface area (Å²) in [6.45, 7) is 2.14. The minimum atomic E-state index is -4.23. The zero-order valence-electron chi connectivity index (χ0n) is 16.5. The summed E-state index contributed by atoms with van der Waals surface area (Å²) in [6, 6.07) is 0. The Bertz CT molecular complexity index is 449. The van der Waals surface area contributed by atoms with Crippen molar-refractivity contribution in [3.8, 4) is 0 Å². The van der Waals surface area contributed by atoms with E-state index in [-0.39, 0.29) is 5.97 Å². The second kappa shape index (κ2) is 15.4. The van der Waals surface area contributed by atoms with Crippen molar-refractivity contribution in [3.63, 3.8) is 0 Å². The summed E-state index contributed by atoms with van der Waals surface area (Å²) in [5, 5.41) is 9.12. The van der Waals surface area contributed by atoms with Gasteiger partial charge in [0.1, 0.15) is 5.25 Å². The minimum Gasteiger partial charge on any atom is -0.469 e. The van der Waals surface area contributed by atoms with Gasteiger partial charge in [0.05, 0.1) is 13.2 Å². The van der Waals surface area contributed by atoms with Crippen LogP contribution in [0.2, 0.25) is 0 Å². The SMILES string of the molecule is CCCCCCCCC(C(O)CCCCCCCC(=O)OC)S(=O)(=O)O. The molecule has 0 fully saturated rings. The van der Waals surface area contributed by atoms with Gasteiger partial charge >= 0.3 is 5.97 Å². The van der Waals surface area contributed by atoms with Crippen LogP contribution in [0.25, 0.3) is 0 Å². The number of methoxy groups -OCH3 is 1. The van der Waals surface area contributed by atoms with Gasteiger partial charge in [0, 0.05) is 6.42 Å². The van der Waals surface area contributed by atoms with Gasteiger partial charge in [0.15, 0.2) is 0 Å². The summed E-state index contributed by atoms with van der Waals surface area (Å²) in [5.74, 6) is -0.203. The third kappa shape index (κ3) is 13.5. The van der Waals surface area contributed by atoms with Crippen LogP contribution in [0.15, 0.2) is 0 Å². The molecule has 2 N–H and O–H groups in total. The minimum absolute atomic E-state index is 0.203. The molecule has 2 atom stereocenters. The Morgan fingerprint density at radius 3 is 1.92 bits per heavy atom. The molecule has 0 heterocycles. The van der Waals surface area contributed by atoms with Crippen molar-refractivity contribution in [1.29, 1.82) is 0 Å². The molecule has 7 heteroatoms. The highest BCUT2D eigenvalue weighted by Crippen LogP contribution is 2.20. The van der Waals surface area contributed by atoms with Crippen molar-refractivity contribution < 1.29 is 27.6 Å². The monoisotopic (exact) mass is 394 g/mol. The van der Waals surface area contributed by atoms with E-state index < -0.39 is 21.5 Å². The van der Waals surface area contributed by atoms with Crippen molar-refractivity contribution in [2.45, 2.75) is 108 Å². The predicted molar refractivity (Wildman–Crippen MR) is 104 cm³/mol. The van der Waals surface area contributed by atoms with Crippen molar-refractivity contribution in [3.05, 3.63) is 0 Å². The third-order valence-electron chi connectivity index (χ3n) is 4.76. The van der Waals surface area contributed by atoms with E-state index in [9.17, 15) is 22.9 Å². The summed E-state index contributed by atoms with van der Waals surface area (Å²) in [5.41, 5.74) is 0. The molecule has 26 heavy (non-hydrogen) atoms. The third-order valence-corrected chi connectivity index (χ3v) is 6.08. The van der Waals surface area contributed by atoms with E-state index in [1.807, 2.05) is 0 Å². The lowest BCUT2D eigenvalue weighted by atomic mass is 10.0. The van der Waals surface area contributed by atoms with Crippen LogP contribution in [0.3, 0.4) is 0 Å². The fraction of sp³-hybridized carbons (Fsp3) is 0.947. The highest BCUT2D eigenvalue weighted by molar-refractivity contribution is 7.86. The Labute approximate surface area is 159 Å². The maximum absolute atomic E-state index is 11.6. The molecule has 0 amide bonds. The number of hydrogen-bond donors (Lipinski definition) is 2. The second-order valence-corrected chi connectivity index (χ2v) is 8.70. The molecule has 0 bridgehead atoms. The lowest BCUT2D eigenvalue weighted by Gasteiger charge is -2.20. The van der Waals surface area contributed by atoms with Crippen molar-refractivity contribution in [1.82, 2.24) is 0 Å². The summed E-state index contributed by atoms with van der Waals surface area (Å²) in [4.78, 5) is 11.0. The van der Waals surface area contributed by atoms with E-state index in [1.54, 1.807) is 0 Å². The topological polar surface area (TPSA) is 101 Å². The maximum Gasteiger partial charge on any atom is 0.305 e. The van der Waals surface area contributed by atoms with Gasteiger partial charge in [-0.1, -0.05) is 71.1 Å². The van der Waals surface area contributed by atoms with Crippen LogP contribution < -0.4 is 0 Å². The van der Waals surface area contributed by atoms with Crippen LogP contribution >= 0.6 is 0 Å². The summed E-state index contributed by atoms with van der Waals surface area (Å²) in [6.07, 6.45) is 10.5. The second-order valence-electron chi connectivity index (χ2n) is 7.06. The van der Waals surface area contributed by atoms with E-state index >= 15 is 0 Å². The number of carbonyl (C=O) groups excluding carboxylic acids is 1. The van der Waals surface area contributed by atoms with Gasteiger partial charge < -0.3 is 9.84 Å². The zero-order chi connectivity index (χ0) is 19.8. The number of esters is 1. The summed E-state index contributed by atoms with van der Waals surface area (Å²) in [7, 11) is -2.85. The van der Waals surface area contributed by atoms with Gasteiger partial charge in [0.25, 0.3) is 10.1 Å². The highest BCUT2D eigenvalue weighted by atomic mass is 32.2. The Morgan fingerprint density at radius 1 is 0.885 bits per heavy atom. The van der Waals surface area contributed by atoms with E-state index in [4.69, 9.17) is 0 Å². The standard InChI is InChI=1S/C19H38O6S/c1-3-4-5-6-9-12-15-18(26(22,23)24)17(20)14-11-8-7-10-13-16-19(21)25-2/h17-18,20H,3-16H2,1-2H3,(H,22,23,24). The first-order valence-corrected chi connectivity index (χ1v) is 11.5. The fourth-order valence-corrected chi connectivity index (χ4v) is 4.10. The molecule has 0 aromatic heterocycles. The lowest BCUT2D eigenvalue weighted by Crippen LogP contribution is -2.33. The number of rotatable bonds is 17. The van der Waals surface area contributed by atoms with E-state index in [1.165, 1.54) is 13.5 Å². The Morgan fingerprint density at radius 2 is 1.38 bits per heavy atom. The van der Waals surface area contributed by atoms with Crippen LogP contribution in [0.1, 0.15) is 96.8 Å². The molecule has 0 radical (unpaired) electrons. The molecule has 0 aromatic carbocycles. The first-order valence-electron chi connectivity index (χ1n) is 10.0. The summed E-state index contributed by atoms with van der Waals surface area (Å²) < 4.78 is 37.1. The quantitative estimate of drug-likeness (QED) is 0.217. The molecular formula is C19H38O6S. The first-order chi connectivity index (χ1) is 12.3. The average molecular weight is 395 g/mol. The Kier molecular flexibility index (Phi) is 15.0. The lowest BCUT2D eigenvalue weighted by molar-refractivity contribution is -0.140. The number of aliphatic hydroxyl groups is 1. The van der Waals surface area contributed by atoms with Crippen LogP contribution in [0.5, 0.6) is 0 Å². The van der Waals surface area contributed by atoms with Crippen molar-refractivity contribution in [2.24, 2.45) is 0 Å². The van der Waals surface area contributed by atoms with Gasteiger partial charge in [-0.15, -0.1) is 0 Å². The van der Waals surface area contributed by atoms with Gasteiger partial charge in [0.2, 0.25) is 0 Å². The molecule has 0 aromatic rings. The van der Waals surface area contributed by atoms with Crippen molar-refractivity contribution in [2.75, 3.05) is 7.11 Å². The molecule has 0 aliphatic rings. The molecule has 0 aliphatic carbocycles. The number of unbranched alkanes of at least 4 members (excludes halogenated alkanes) is 9. The van der Waals surface area contributed by atoms with Crippen molar-refractivity contribution >= 4 is 16.1 Å². The number of ether oxygens (including phenoxy) is 1. The van der Waals surface area contributed by atoms with E-state index in [2.05, 4.69) is 11.7 Å². The highest BCUT2D eigenvalue weighted by Gasteiger charge is 2.29. The normalized spacial score (nSPS) is 14.2. The zero-order valence-corrected chi connectivity index (χ0v) is 17.3. The molecule has 156 valence electrons. The van der Waals surface area contributed by atoms with Gasteiger partial charge in [-0.05, 0) is 19.3 Å². The molecule has 2 unspecified atom stereocenters. The summed E-state index contributed by atoms with van der Waals surface area (Å²) >= 11 is 0. The number of carbonyl (C=O) groups is 1. The maximum atomic E-state index is 11.6. The van der Waals surface area contributed by atoms with Gasteiger partial charge in [-0.3, -0.25) is 9.35 Å². The van der Waals surface area contributed by atoms with Gasteiger partial charge in [-0.25, -0.2) is 0 Å². The molecule has 0 saturated heterocycles. The molecule has 0 spiro atoms. The van der Waals surface area contributed by atoms with Crippen LogP contribution in [0, 0.1) is 0 Å². The van der Waals surface area contributed by atoms with Gasteiger partial charge in [-0.2, -0.15) is 8.42 Å². The molecule has 0 aliphatic heterocycles. The number of hydrogen-bond acceptors (Lipinski definition) is 5. The molecule has 0 saturated carbocycles. The molecule has 0 rings (SSSR count). The smallest absolute Gasteiger partial charge is 0.305 e. The Balaban J connectivity index is 3.98. The van der Waals surface area contributed by atoms with E-state index in [0.29, 0.717) is 32.1 Å². The largest absolute Gasteiger partial charge is 0.469 e. The Hall–Kier alpha value is -0.660. The average Bonchev–Trinajstić information content (AvgIpc) is 2.58. The fourth-order valence-electron chi connectivity index (χ4n) is 3.11. The first kappa shape index (κ1) is 25.3. The van der Waals surface area contributed by atoms with E-state index in [0.717, 1.165) is 51.4 Å². The van der Waals surface area contributed by atoms with Crippen LogP contribution in [-0.4, -0.2) is 42.5 Å². The predicted octanol–water partition coefficient (Wildman–Crippen LogP) is 4.26. The van der Waals surface area contributed by atoms with Crippen LogP contribution in [0.4, 0.5) is 0 Å². The molecular weight excluding hydrogens is 356 g/mol. The molecule has 6 nitrogen and oxygen atoms in total. The van der Waals surface area contributed by atoms with Crippen LogP contribution in [-0.2, 0) is 19.6 Å².